The molecule has 0 aromatic carbocycles. The number of sulfonamides is 1. The van der Waals surface area contributed by atoms with E-state index in [-0.39, 0.29) is 13.1 Å². The molecule has 0 radical (unpaired) electrons. The lowest BCUT2D eigenvalue weighted by molar-refractivity contribution is -0.141. The molecule has 10 heteroatoms. The van der Waals surface area contributed by atoms with Crippen molar-refractivity contribution in [3.63, 3.8) is 0 Å². The Hall–Kier alpha value is -1.39. The van der Waals surface area contributed by atoms with Gasteiger partial charge in [-0.25, -0.2) is 22.7 Å². The van der Waals surface area contributed by atoms with Crippen molar-refractivity contribution < 1.29 is 28.2 Å². The summed E-state index contributed by atoms with van der Waals surface area (Å²) in [5.74, 6) is -1.34. The van der Waals surface area contributed by atoms with Gasteiger partial charge in [0, 0.05) is 13.1 Å². The summed E-state index contributed by atoms with van der Waals surface area (Å²) >= 11 is 0. The number of aliphatic carboxylic acids is 1. The van der Waals surface area contributed by atoms with E-state index in [1.165, 1.54) is 6.92 Å². The first kappa shape index (κ1) is 17.6. The number of rotatable bonds is 8. The van der Waals surface area contributed by atoms with Crippen molar-refractivity contribution in [2.45, 2.75) is 25.5 Å². The Kier molecular flexibility index (Phi) is 7.34. The fourth-order valence-corrected chi connectivity index (χ4v) is 1.64. The van der Waals surface area contributed by atoms with Crippen LogP contribution in [0.25, 0.3) is 0 Å². The van der Waals surface area contributed by atoms with Gasteiger partial charge in [-0.1, -0.05) is 0 Å². The van der Waals surface area contributed by atoms with Gasteiger partial charge in [0.1, 0.15) is 0 Å². The van der Waals surface area contributed by atoms with Crippen LogP contribution in [0.4, 0.5) is 4.79 Å². The monoisotopic (exact) mass is 297 g/mol. The summed E-state index contributed by atoms with van der Waals surface area (Å²) in [6, 6.07) is -2.14. The van der Waals surface area contributed by atoms with Crippen molar-refractivity contribution >= 4 is 22.0 Å². The third-order valence-corrected chi connectivity index (χ3v) is 2.77. The van der Waals surface area contributed by atoms with E-state index < -0.39 is 34.2 Å². The molecule has 0 saturated carbocycles. The average molecular weight is 297 g/mol. The molecule has 2 amide bonds. The molecule has 2 atom stereocenters. The highest BCUT2D eigenvalue weighted by Gasteiger charge is 2.24. The lowest BCUT2D eigenvalue weighted by Gasteiger charge is -2.17. The average Bonchev–Trinajstić information content (AvgIpc) is 2.22. The number of carbonyl (C=O) groups excluding carboxylic acids is 1. The molecule has 0 saturated heterocycles. The summed E-state index contributed by atoms with van der Waals surface area (Å²) in [4.78, 5) is 22.0. The number of nitrogens with one attached hydrogen (secondary N) is 3. The molecular formula is C9H19N3O6S. The van der Waals surface area contributed by atoms with Crippen molar-refractivity contribution in [1.82, 2.24) is 15.4 Å². The van der Waals surface area contributed by atoms with Crippen LogP contribution >= 0.6 is 0 Å². The zero-order chi connectivity index (χ0) is 15.1. The van der Waals surface area contributed by atoms with E-state index in [0.29, 0.717) is 6.42 Å². The van der Waals surface area contributed by atoms with E-state index >= 15 is 0 Å². The van der Waals surface area contributed by atoms with E-state index in [4.69, 9.17) is 10.2 Å². The number of carboxylic acids is 1. The Morgan fingerprint density at radius 1 is 1.26 bits per heavy atom. The normalized spacial score (nSPS) is 14.5. The molecule has 0 aliphatic rings. The maximum Gasteiger partial charge on any atom is 0.328 e. The maximum absolute atomic E-state index is 11.3. The Bertz CT molecular complexity index is 408. The fourth-order valence-electron chi connectivity index (χ4n) is 1.13. The van der Waals surface area contributed by atoms with Gasteiger partial charge in [0.25, 0.3) is 0 Å². The molecule has 0 aliphatic heterocycles. The van der Waals surface area contributed by atoms with Crippen LogP contribution < -0.4 is 15.4 Å². The number of aliphatic hydroxyl groups is 1. The van der Waals surface area contributed by atoms with Gasteiger partial charge in [0.05, 0.1) is 12.4 Å². The SMILES string of the molecule is CC(O)C(NC(=O)NCCCNS(C)(=O)=O)C(=O)O. The van der Waals surface area contributed by atoms with Gasteiger partial charge < -0.3 is 20.8 Å². The van der Waals surface area contributed by atoms with Gasteiger partial charge in [-0.3, -0.25) is 0 Å². The molecule has 112 valence electrons. The Labute approximate surface area is 111 Å². The lowest BCUT2D eigenvalue weighted by Crippen LogP contribution is -2.51. The molecule has 0 spiro atoms. The van der Waals surface area contributed by atoms with Crippen LogP contribution in [0, 0.1) is 0 Å². The number of urea groups is 1. The number of hydrogen-bond acceptors (Lipinski definition) is 5. The van der Waals surface area contributed by atoms with Crippen LogP contribution in [0.15, 0.2) is 0 Å². The van der Waals surface area contributed by atoms with E-state index in [9.17, 15) is 18.0 Å². The highest BCUT2D eigenvalue weighted by molar-refractivity contribution is 7.88. The van der Waals surface area contributed by atoms with E-state index in [0.717, 1.165) is 6.26 Å². The molecule has 9 nitrogen and oxygen atoms in total. The van der Waals surface area contributed by atoms with Crippen molar-refractivity contribution in [3.05, 3.63) is 0 Å². The number of carbonyl (C=O) groups is 2. The molecule has 0 aromatic rings. The number of carboxylic acid groups (broad SMARTS) is 1. The van der Waals surface area contributed by atoms with Gasteiger partial charge in [-0.05, 0) is 13.3 Å². The standard InChI is InChI=1S/C9H19N3O6S/c1-6(13)7(8(14)15)12-9(16)10-4-3-5-11-19(2,17)18/h6-7,11,13H,3-5H2,1-2H3,(H,14,15)(H2,10,12,16). The molecule has 2 unspecified atom stereocenters. The predicted octanol–water partition coefficient (Wildman–Crippen LogP) is -1.94. The molecule has 0 aromatic heterocycles. The summed E-state index contributed by atoms with van der Waals surface area (Å²) in [7, 11) is -3.26. The van der Waals surface area contributed by atoms with Crippen molar-refractivity contribution in [2.24, 2.45) is 0 Å². The largest absolute Gasteiger partial charge is 0.480 e. The third-order valence-electron chi connectivity index (χ3n) is 2.04. The van der Waals surface area contributed by atoms with E-state index in [2.05, 4.69) is 15.4 Å². The molecule has 0 aliphatic carbocycles. The van der Waals surface area contributed by atoms with Gasteiger partial charge in [0.15, 0.2) is 6.04 Å². The second kappa shape index (κ2) is 7.92. The van der Waals surface area contributed by atoms with Gasteiger partial charge >= 0.3 is 12.0 Å². The second-order valence-electron chi connectivity index (χ2n) is 3.98. The van der Waals surface area contributed by atoms with Crippen LogP contribution in [0.3, 0.4) is 0 Å². The number of hydrogen-bond donors (Lipinski definition) is 5. The number of aliphatic hydroxyl groups excluding tert-OH is 1. The smallest absolute Gasteiger partial charge is 0.328 e. The van der Waals surface area contributed by atoms with Crippen LogP contribution in [0.2, 0.25) is 0 Å². The summed E-state index contributed by atoms with van der Waals surface area (Å²) in [6.45, 7) is 1.58. The third kappa shape index (κ3) is 9.22. The molecule has 0 bridgehead atoms. The highest BCUT2D eigenvalue weighted by atomic mass is 32.2. The Morgan fingerprint density at radius 3 is 2.26 bits per heavy atom. The molecule has 5 N–H and O–H groups in total. The van der Waals surface area contributed by atoms with Crippen molar-refractivity contribution in [1.29, 1.82) is 0 Å². The minimum absolute atomic E-state index is 0.165. The van der Waals surface area contributed by atoms with Gasteiger partial charge in [-0.2, -0.15) is 0 Å². The highest BCUT2D eigenvalue weighted by Crippen LogP contribution is 1.92. The predicted molar refractivity (Wildman–Crippen MR) is 67.1 cm³/mol. The van der Waals surface area contributed by atoms with Gasteiger partial charge in [-0.15, -0.1) is 0 Å². The van der Waals surface area contributed by atoms with Crippen LogP contribution in [0.1, 0.15) is 13.3 Å². The van der Waals surface area contributed by atoms with E-state index in [1.54, 1.807) is 0 Å². The first-order valence-corrected chi connectivity index (χ1v) is 7.42. The summed E-state index contributed by atoms with van der Waals surface area (Å²) in [6.07, 6.45) is 0.148. The molecular weight excluding hydrogens is 278 g/mol. The lowest BCUT2D eigenvalue weighted by atomic mass is 10.2. The summed E-state index contributed by atoms with van der Waals surface area (Å²) in [5.41, 5.74) is 0. The second-order valence-corrected chi connectivity index (χ2v) is 5.81. The van der Waals surface area contributed by atoms with Gasteiger partial charge in [0.2, 0.25) is 10.0 Å². The van der Waals surface area contributed by atoms with Crippen LogP contribution in [-0.2, 0) is 14.8 Å². The molecule has 0 heterocycles. The molecule has 0 rings (SSSR count). The minimum atomic E-state index is -3.26. The maximum atomic E-state index is 11.3. The van der Waals surface area contributed by atoms with Crippen molar-refractivity contribution in [3.8, 4) is 0 Å². The molecule has 19 heavy (non-hydrogen) atoms. The minimum Gasteiger partial charge on any atom is -0.480 e. The number of amides is 2. The fraction of sp³-hybridized carbons (Fsp3) is 0.778. The summed E-state index contributed by atoms with van der Waals surface area (Å²) in [5, 5.41) is 22.3. The summed E-state index contributed by atoms with van der Waals surface area (Å²) < 4.78 is 23.7. The zero-order valence-electron chi connectivity index (χ0n) is 10.7. The van der Waals surface area contributed by atoms with Crippen molar-refractivity contribution in [2.75, 3.05) is 19.3 Å². The Morgan fingerprint density at radius 2 is 1.84 bits per heavy atom. The van der Waals surface area contributed by atoms with Crippen LogP contribution in [-0.4, -0.2) is 62.1 Å². The van der Waals surface area contributed by atoms with E-state index in [1.807, 2.05) is 0 Å². The van der Waals surface area contributed by atoms with Crippen LogP contribution in [0.5, 0.6) is 0 Å². The zero-order valence-corrected chi connectivity index (χ0v) is 11.5. The topological polar surface area (TPSA) is 145 Å². The first-order chi connectivity index (χ1) is 8.63. The first-order valence-electron chi connectivity index (χ1n) is 5.53. The quantitative estimate of drug-likeness (QED) is 0.330. The molecule has 0 fully saturated rings. The Balaban J connectivity index is 3.90.